The van der Waals surface area contributed by atoms with E-state index in [1.807, 2.05) is 69.3 Å². The number of benzene rings is 2. The molecule has 0 spiro atoms. The number of anilines is 1. The van der Waals surface area contributed by atoms with Gasteiger partial charge in [-0.15, -0.1) is 10.2 Å². The molecule has 0 bridgehead atoms. The second-order valence-corrected chi connectivity index (χ2v) is 6.93. The minimum atomic E-state index is 0.213. The third-order valence-corrected chi connectivity index (χ3v) is 4.82. The summed E-state index contributed by atoms with van der Waals surface area (Å²) in [5, 5.41) is 23.3. The first-order valence-electron chi connectivity index (χ1n) is 8.32. The van der Waals surface area contributed by atoms with Crippen LogP contribution >= 0.6 is 11.3 Å². The molecule has 1 aromatic heterocycles. The van der Waals surface area contributed by atoms with E-state index in [0.29, 0.717) is 15.7 Å². The van der Waals surface area contributed by atoms with E-state index < -0.39 is 0 Å². The summed E-state index contributed by atoms with van der Waals surface area (Å²) in [4.78, 5) is 4.42. The Balaban J connectivity index is 1.83. The molecule has 0 aliphatic heterocycles. The van der Waals surface area contributed by atoms with Gasteiger partial charge in [0.15, 0.2) is 15.7 Å². The van der Waals surface area contributed by atoms with Crippen LogP contribution in [0.2, 0.25) is 0 Å². The third kappa shape index (κ3) is 4.63. The number of hydrazone groups is 1. The number of rotatable bonds is 5. The molecule has 3 aromatic rings. The van der Waals surface area contributed by atoms with E-state index in [0.717, 1.165) is 22.5 Å². The molecular weight excluding hydrogens is 356 g/mol. The van der Waals surface area contributed by atoms with Crippen molar-refractivity contribution in [1.82, 2.24) is 4.98 Å². The molecule has 1 heterocycles. The number of nitrogens with zero attached hydrogens (tertiary/aromatic N) is 5. The van der Waals surface area contributed by atoms with Gasteiger partial charge in [-0.2, -0.15) is 10.4 Å². The fourth-order valence-corrected chi connectivity index (χ4v) is 3.10. The van der Waals surface area contributed by atoms with Crippen LogP contribution in [0.3, 0.4) is 0 Å². The van der Waals surface area contributed by atoms with Gasteiger partial charge in [-0.25, -0.2) is 4.98 Å². The van der Waals surface area contributed by atoms with Crippen LogP contribution in [-0.4, -0.2) is 10.7 Å². The largest absolute Gasteiger partial charge is 0.277 e. The van der Waals surface area contributed by atoms with Gasteiger partial charge in [0.25, 0.3) is 0 Å². The molecule has 0 saturated carbocycles. The van der Waals surface area contributed by atoms with Crippen LogP contribution < -0.4 is 5.43 Å². The topological polar surface area (TPSA) is 85.8 Å². The highest BCUT2D eigenvalue weighted by Crippen LogP contribution is 2.29. The van der Waals surface area contributed by atoms with Crippen LogP contribution in [0.15, 0.2) is 63.9 Å². The number of nitrogens with one attached hydrogen (secondary N) is 1. The number of hydrogen-bond acceptors (Lipinski definition) is 7. The van der Waals surface area contributed by atoms with Crippen molar-refractivity contribution in [2.24, 2.45) is 15.3 Å². The van der Waals surface area contributed by atoms with Crippen molar-refractivity contribution in [2.45, 2.75) is 20.8 Å². The molecule has 6 nitrogen and oxygen atoms in total. The Hall–Kier alpha value is -3.37. The van der Waals surface area contributed by atoms with E-state index in [1.165, 1.54) is 11.3 Å². The molecule has 3 rings (SSSR count). The molecule has 0 aliphatic rings. The molecular formula is C20H18N6S. The minimum absolute atomic E-state index is 0.213. The lowest BCUT2D eigenvalue weighted by Gasteiger charge is -2.06. The van der Waals surface area contributed by atoms with Crippen LogP contribution in [0.25, 0.3) is 0 Å². The predicted octanol–water partition coefficient (Wildman–Crippen LogP) is 5.82. The Morgan fingerprint density at radius 1 is 1.07 bits per heavy atom. The van der Waals surface area contributed by atoms with Gasteiger partial charge in [0.1, 0.15) is 6.07 Å². The first-order valence-corrected chi connectivity index (χ1v) is 9.14. The van der Waals surface area contributed by atoms with E-state index >= 15 is 0 Å². The quantitative estimate of drug-likeness (QED) is 0.347. The van der Waals surface area contributed by atoms with Crippen molar-refractivity contribution in [3.63, 3.8) is 0 Å². The fourth-order valence-electron chi connectivity index (χ4n) is 2.27. The average Bonchev–Trinajstić information content (AvgIpc) is 3.04. The summed E-state index contributed by atoms with van der Waals surface area (Å²) in [7, 11) is 0. The lowest BCUT2D eigenvalue weighted by molar-refractivity contribution is 1.18. The van der Waals surface area contributed by atoms with Crippen LogP contribution in [0.1, 0.15) is 21.8 Å². The van der Waals surface area contributed by atoms with E-state index in [-0.39, 0.29) is 5.71 Å². The SMILES string of the molecule is Cc1ccc(C)c(NN=C(C#N)c2nc(C)c(N=Nc3ccccc3)s2)c1. The van der Waals surface area contributed by atoms with Gasteiger partial charge in [-0.3, -0.25) is 5.43 Å². The van der Waals surface area contributed by atoms with E-state index in [4.69, 9.17) is 0 Å². The van der Waals surface area contributed by atoms with E-state index in [1.54, 1.807) is 0 Å². The summed E-state index contributed by atoms with van der Waals surface area (Å²) < 4.78 is 0. The highest BCUT2D eigenvalue weighted by atomic mass is 32.1. The summed E-state index contributed by atoms with van der Waals surface area (Å²) in [5.41, 5.74) is 7.68. The first-order chi connectivity index (χ1) is 13.1. The summed E-state index contributed by atoms with van der Waals surface area (Å²) >= 11 is 1.29. The smallest absolute Gasteiger partial charge is 0.196 e. The van der Waals surface area contributed by atoms with Crippen LogP contribution in [0.5, 0.6) is 0 Å². The highest BCUT2D eigenvalue weighted by molar-refractivity contribution is 7.17. The monoisotopic (exact) mass is 374 g/mol. The molecule has 0 fully saturated rings. The minimum Gasteiger partial charge on any atom is -0.277 e. The molecule has 134 valence electrons. The van der Waals surface area contributed by atoms with E-state index in [2.05, 4.69) is 31.8 Å². The Labute approximate surface area is 161 Å². The van der Waals surface area contributed by atoms with Crippen LogP contribution in [0.4, 0.5) is 16.4 Å². The molecule has 27 heavy (non-hydrogen) atoms. The van der Waals surface area contributed by atoms with Crippen LogP contribution in [0, 0.1) is 32.1 Å². The summed E-state index contributed by atoms with van der Waals surface area (Å²) in [5.74, 6) is 0. The number of azo groups is 1. The maximum absolute atomic E-state index is 9.48. The summed E-state index contributed by atoms with van der Waals surface area (Å²) in [6, 6.07) is 17.6. The normalized spacial score (nSPS) is 11.6. The Kier molecular flexibility index (Phi) is 5.69. The van der Waals surface area contributed by atoms with Gasteiger partial charge in [-0.05, 0) is 50.1 Å². The van der Waals surface area contributed by atoms with Gasteiger partial charge in [0.05, 0.1) is 17.1 Å². The number of hydrogen-bond donors (Lipinski definition) is 1. The Morgan fingerprint density at radius 2 is 1.85 bits per heavy atom. The molecule has 1 N–H and O–H groups in total. The summed E-state index contributed by atoms with van der Waals surface area (Å²) in [6.07, 6.45) is 0. The lowest BCUT2D eigenvalue weighted by atomic mass is 10.1. The lowest BCUT2D eigenvalue weighted by Crippen LogP contribution is -2.02. The Bertz CT molecular complexity index is 1040. The van der Waals surface area contributed by atoms with Crippen molar-refractivity contribution in [1.29, 1.82) is 5.26 Å². The second kappa shape index (κ2) is 8.34. The molecule has 2 aromatic carbocycles. The predicted molar refractivity (Wildman–Crippen MR) is 109 cm³/mol. The van der Waals surface area contributed by atoms with Gasteiger partial charge in [0, 0.05) is 0 Å². The first kappa shape index (κ1) is 18.4. The van der Waals surface area contributed by atoms with Gasteiger partial charge < -0.3 is 0 Å². The zero-order valence-corrected chi connectivity index (χ0v) is 16.1. The van der Waals surface area contributed by atoms with Gasteiger partial charge in [-0.1, -0.05) is 41.7 Å². The van der Waals surface area contributed by atoms with Crippen molar-refractivity contribution in [3.05, 3.63) is 70.4 Å². The molecule has 0 atom stereocenters. The number of nitriles is 1. The molecule has 7 heteroatoms. The van der Waals surface area contributed by atoms with Crippen molar-refractivity contribution < 1.29 is 0 Å². The second-order valence-electron chi connectivity index (χ2n) is 5.95. The molecule has 0 unspecified atom stereocenters. The number of aromatic nitrogens is 1. The van der Waals surface area contributed by atoms with E-state index in [9.17, 15) is 5.26 Å². The molecule has 0 radical (unpaired) electrons. The van der Waals surface area contributed by atoms with Gasteiger partial charge >= 0.3 is 0 Å². The average molecular weight is 374 g/mol. The standard InChI is InChI=1S/C20H18N6S/c1-13-9-10-14(2)17(11-13)24-25-18(12-21)20-22-15(3)19(27-20)26-23-16-7-5-4-6-8-16/h4-11,24H,1-3H3. The van der Waals surface area contributed by atoms with Crippen molar-refractivity contribution in [2.75, 3.05) is 5.43 Å². The summed E-state index contributed by atoms with van der Waals surface area (Å²) in [6.45, 7) is 5.83. The molecule has 0 aliphatic carbocycles. The fraction of sp³-hybridized carbons (Fsp3) is 0.150. The maximum atomic E-state index is 9.48. The van der Waals surface area contributed by atoms with Gasteiger partial charge in [0.2, 0.25) is 0 Å². The number of thiazole rings is 1. The van der Waals surface area contributed by atoms with Crippen molar-refractivity contribution in [3.8, 4) is 6.07 Å². The molecule has 0 amide bonds. The van der Waals surface area contributed by atoms with Crippen molar-refractivity contribution >= 4 is 33.4 Å². The Morgan fingerprint density at radius 3 is 2.59 bits per heavy atom. The zero-order chi connectivity index (χ0) is 19.2. The van der Waals surface area contributed by atoms with Crippen LogP contribution in [-0.2, 0) is 0 Å². The number of aryl methyl sites for hydroxylation is 3. The zero-order valence-electron chi connectivity index (χ0n) is 15.3. The maximum Gasteiger partial charge on any atom is 0.196 e. The third-order valence-electron chi connectivity index (χ3n) is 3.77. The molecule has 0 saturated heterocycles. The highest BCUT2D eigenvalue weighted by Gasteiger charge is 2.13.